The molecule has 1 fully saturated rings. The van der Waals surface area contributed by atoms with Crippen LogP contribution in [0.3, 0.4) is 0 Å². The number of hydrogen-bond acceptors (Lipinski definition) is 7. The van der Waals surface area contributed by atoms with E-state index in [2.05, 4.69) is 20.6 Å². The Morgan fingerprint density at radius 3 is 2.73 bits per heavy atom. The van der Waals surface area contributed by atoms with Crippen LogP contribution >= 0.6 is 0 Å². The number of carbonyl (C=O) groups is 2. The average Bonchev–Trinajstić information content (AvgIpc) is 2.73. The van der Waals surface area contributed by atoms with E-state index in [9.17, 15) is 24.5 Å². The average molecular weight is 412 g/mol. The molecule has 0 radical (unpaired) electrons. The first-order chi connectivity index (χ1) is 14.4. The van der Waals surface area contributed by atoms with E-state index in [0.717, 1.165) is 32.4 Å². The lowest BCUT2D eigenvalue weighted by atomic mass is 9.92. The number of nitrogens with one attached hydrogen (secondary N) is 3. The molecule has 3 N–H and O–H groups in total. The van der Waals surface area contributed by atoms with Gasteiger partial charge in [-0.15, -0.1) is 0 Å². The van der Waals surface area contributed by atoms with Gasteiger partial charge in [-0.2, -0.15) is 4.98 Å². The van der Waals surface area contributed by atoms with Gasteiger partial charge in [0.2, 0.25) is 17.8 Å². The number of nitro benzene ring substituents is 1. The van der Waals surface area contributed by atoms with Gasteiger partial charge in [0.25, 0.3) is 11.2 Å². The van der Waals surface area contributed by atoms with Crippen LogP contribution in [0.5, 0.6) is 0 Å². The second kappa shape index (κ2) is 7.93. The Hall–Kier alpha value is -3.76. The van der Waals surface area contributed by atoms with Crippen molar-refractivity contribution >= 4 is 35.0 Å². The summed E-state index contributed by atoms with van der Waals surface area (Å²) in [4.78, 5) is 57.3. The Morgan fingerprint density at radius 2 is 2.00 bits per heavy atom. The highest BCUT2D eigenvalue weighted by Crippen LogP contribution is 2.31. The van der Waals surface area contributed by atoms with Crippen LogP contribution in [0.25, 0.3) is 0 Å². The molecule has 0 bridgehead atoms. The normalized spacial score (nSPS) is 18.3. The van der Waals surface area contributed by atoms with Crippen LogP contribution in [-0.4, -0.2) is 39.8 Å². The van der Waals surface area contributed by atoms with Gasteiger partial charge < -0.3 is 15.5 Å². The number of anilines is 3. The highest BCUT2D eigenvalue weighted by molar-refractivity contribution is 6.04. The fourth-order valence-electron chi connectivity index (χ4n) is 3.77. The first kappa shape index (κ1) is 19.6. The van der Waals surface area contributed by atoms with Crippen molar-refractivity contribution in [1.29, 1.82) is 0 Å². The van der Waals surface area contributed by atoms with Gasteiger partial charge >= 0.3 is 0 Å². The zero-order valence-corrected chi connectivity index (χ0v) is 16.0. The first-order valence-electron chi connectivity index (χ1n) is 9.66. The van der Waals surface area contributed by atoms with Gasteiger partial charge in [0.15, 0.2) is 0 Å². The molecule has 156 valence electrons. The predicted octanol–water partition coefficient (Wildman–Crippen LogP) is 1.73. The molecule has 2 amide bonds. The highest BCUT2D eigenvalue weighted by Gasteiger charge is 2.35. The monoisotopic (exact) mass is 412 g/mol. The van der Waals surface area contributed by atoms with Gasteiger partial charge in [0.1, 0.15) is 5.82 Å². The molecule has 4 rings (SSSR count). The third kappa shape index (κ3) is 3.86. The molecule has 2 aliphatic heterocycles. The minimum atomic E-state index is -1.06. The lowest BCUT2D eigenvalue weighted by Gasteiger charge is -2.29. The highest BCUT2D eigenvalue weighted by atomic mass is 16.6. The fraction of sp³-hybridized carbons (Fsp3) is 0.368. The zero-order chi connectivity index (χ0) is 21.3. The van der Waals surface area contributed by atoms with Crippen LogP contribution < -0.4 is 21.1 Å². The number of non-ortho nitro benzene ring substituents is 1. The Bertz CT molecular complexity index is 1080. The molecule has 11 nitrogen and oxygen atoms in total. The molecule has 1 aromatic carbocycles. The zero-order valence-electron chi connectivity index (χ0n) is 16.0. The number of nitro groups is 1. The molecule has 3 heterocycles. The predicted molar refractivity (Wildman–Crippen MR) is 109 cm³/mol. The molecule has 1 saturated heterocycles. The number of piperidine rings is 1. The molecule has 2 aromatic rings. The number of rotatable bonds is 4. The number of nitrogens with zero attached hydrogens (tertiary/aromatic N) is 3. The fourth-order valence-corrected chi connectivity index (χ4v) is 3.77. The molecule has 0 unspecified atom stereocenters. The van der Waals surface area contributed by atoms with Crippen LogP contribution in [0.2, 0.25) is 0 Å². The third-order valence-corrected chi connectivity index (χ3v) is 5.24. The van der Waals surface area contributed by atoms with E-state index in [0.29, 0.717) is 5.95 Å². The molecule has 0 spiro atoms. The van der Waals surface area contributed by atoms with E-state index in [1.165, 1.54) is 24.3 Å². The molecular weight excluding hydrogens is 392 g/mol. The standard InChI is InChI=1S/C19H20N6O5/c26-14-10-13(17(27)20-11-5-4-6-12(9-11)25(29)30)15-16(21-14)22-19(23-18(15)28)24-7-2-1-3-8-24/h4-6,9,13H,1-3,7-8,10H2,(H,20,27)(H2,21,22,23,26,28)/t13-/m0/s1. The summed E-state index contributed by atoms with van der Waals surface area (Å²) in [6.45, 7) is 1.51. The summed E-state index contributed by atoms with van der Waals surface area (Å²) in [5.41, 5.74) is -0.380. The molecule has 0 aliphatic carbocycles. The van der Waals surface area contributed by atoms with Crippen LogP contribution in [0, 0.1) is 10.1 Å². The number of aromatic nitrogens is 2. The molecule has 1 aromatic heterocycles. The number of hydrogen-bond donors (Lipinski definition) is 3. The van der Waals surface area contributed by atoms with E-state index in [4.69, 9.17) is 0 Å². The second-order valence-electron chi connectivity index (χ2n) is 7.30. The summed E-state index contributed by atoms with van der Waals surface area (Å²) in [7, 11) is 0. The summed E-state index contributed by atoms with van der Waals surface area (Å²) in [6, 6.07) is 5.45. The van der Waals surface area contributed by atoms with Gasteiger partial charge in [-0.3, -0.25) is 29.5 Å². The summed E-state index contributed by atoms with van der Waals surface area (Å²) >= 11 is 0. The van der Waals surface area contributed by atoms with Gasteiger partial charge in [-0.1, -0.05) is 6.07 Å². The van der Waals surface area contributed by atoms with Crippen molar-refractivity contribution in [2.24, 2.45) is 0 Å². The van der Waals surface area contributed by atoms with Gasteiger partial charge in [0, 0.05) is 37.3 Å². The topological polar surface area (TPSA) is 150 Å². The van der Waals surface area contributed by atoms with Crippen LogP contribution in [0.4, 0.5) is 23.1 Å². The molecule has 0 saturated carbocycles. The number of carbonyl (C=O) groups excluding carboxylic acids is 2. The maximum Gasteiger partial charge on any atom is 0.271 e. The van der Waals surface area contributed by atoms with Crippen LogP contribution in [-0.2, 0) is 9.59 Å². The van der Waals surface area contributed by atoms with E-state index >= 15 is 0 Å². The van der Waals surface area contributed by atoms with Crippen LogP contribution in [0.1, 0.15) is 37.2 Å². The smallest absolute Gasteiger partial charge is 0.271 e. The van der Waals surface area contributed by atoms with E-state index in [1.54, 1.807) is 0 Å². The van der Waals surface area contributed by atoms with E-state index in [1.807, 2.05) is 4.90 Å². The number of benzene rings is 1. The van der Waals surface area contributed by atoms with Gasteiger partial charge in [0.05, 0.1) is 16.4 Å². The number of aromatic amines is 1. The van der Waals surface area contributed by atoms with Gasteiger partial charge in [-0.25, -0.2) is 0 Å². The van der Waals surface area contributed by atoms with Crippen molar-refractivity contribution in [3.63, 3.8) is 0 Å². The number of fused-ring (bicyclic) bond motifs is 1. The van der Waals surface area contributed by atoms with Crippen molar-refractivity contribution in [3.05, 3.63) is 50.3 Å². The van der Waals surface area contributed by atoms with Gasteiger partial charge in [-0.05, 0) is 25.3 Å². The maximum absolute atomic E-state index is 12.8. The lowest BCUT2D eigenvalue weighted by Crippen LogP contribution is -2.38. The SMILES string of the molecule is O=C1C[C@H](C(=O)Nc2cccc([N+](=O)[O-])c2)c2c(nc(N3CCCCC3)[nH]c2=O)N1. The lowest BCUT2D eigenvalue weighted by molar-refractivity contribution is -0.384. The minimum Gasteiger partial charge on any atom is -0.342 e. The summed E-state index contributed by atoms with van der Waals surface area (Å²) in [5, 5.41) is 16.1. The molecule has 30 heavy (non-hydrogen) atoms. The molecular formula is C19H20N6O5. The molecule has 11 heteroatoms. The summed E-state index contributed by atoms with van der Waals surface area (Å²) < 4.78 is 0. The van der Waals surface area contributed by atoms with E-state index in [-0.39, 0.29) is 29.2 Å². The van der Waals surface area contributed by atoms with Crippen LogP contribution in [0.15, 0.2) is 29.1 Å². The number of amides is 2. The van der Waals surface area contributed by atoms with Crippen molar-refractivity contribution in [2.75, 3.05) is 28.6 Å². The Balaban J connectivity index is 1.63. The van der Waals surface area contributed by atoms with E-state index < -0.39 is 28.2 Å². The largest absolute Gasteiger partial charge is 0.342 e. The summed E-state index contributed by atoms with van der Waals surface area (Å²) in [5.74, 6) is -1.64. The Kier molecular flexibility index (Phi) is 5.17. The Morgan fingerprint density at radius 1 is 1.23 bits per heavy atom. The van der Waals surface area contributed by atoms with Crippen molar-refractivity contribution in [1.82, 2.24) is 9.97 Å². The minimum absolute atomic E-state index is 0.0785. The third-order valence-electron chi connectivity index (χ3n) is 5.24. The van der Waals surface area contributed by atoms with Crippen molar-refractivity contribution in [2.45, 2.75) is 31.6 Å². The van der Waals surface area contributed by atoms with Crippen molar-refractivity contribution in [3.8, 4) is 0 Å². The molecule has 2 aliphatic rings. The second-order valence-corrected chi connectivity index (χ2v) is 7.30. The quantitative estimate of drug-likeness (QED) is 0.511. The Labute approximate surface area is 170 Å². The van der Waals surface area contributed by atoms with Crippen molar-refractivity contribution < 1.29 is 14.5 Å². The number of H-pyrrole nitrogens is 1. The first-order valence-corrected chi connectivity index (χ1v) is 9.66. The molecule has 1 atom stereocenters. The maximum atomic E-state index is 12.8. The summed E-state index contributed by atoms with van der Waals surface area (Å²) in [6.07, 6.45) is 2.87.